The van der Waals surface area contributed by atoms with Crippen molar-refractivity contribution in [1.82, 2.24) is 24.7 Å². The molecule has 1 aromatic carbocycles. The van der Waals surface area contributed by atoms with Crippen LogP contribution < -0.4 is 10.5 Å². The molecular formula is C13H11FN6O. The molecule has 2 heterocycles. The molecule has 0 saturated carbocycles. The summed E-state index contributed by atoms with van der Waals surface area (Å²) in [7, 11) is 0. The maximum absolute atomic E-state index is 13.9. The Balaban J connectivity index is 1.98. The molecule has 0 saturated heterocycles. The van der Waals surface area contributed by atoms with Crippen molar-refractivity contribution in [2.24, 2.45) is 0 Å². The monoisotopic (exact) mass is 286 g/mol. The van der Waals surface area contributed by atoms with E-state index < -0.39 is 5.82 Å². The number of hydrogen-bond donors (Lipinski definition) is 1. The lowest BCUT2D eigenvalue weighted by Crippen LogP contribution is -2.08. The van der Waals surface area contributed by atoms with Crippen LogP contribution in [0.4, 0.5) is 10.3 Å². The molecule has 3 aromatic rings. The molecular weight excluding hydrogens is 275 g/mol. The number of benzene rings is 1. The van der Waals surface area contributed by atoms with Gasteiger partial charge in [-0.3, -0.25) is 0 Å². The van der Waals surface area contributed by atoms with Crippen LogP contribution in [0, 0.1) is 12.7 Å². The van der Waals surface area contributed by atoms with Crippen LogP contribution >= 0.6 is 0 Å². The first kappa shape index (κ1) is 13.0. The largest absolute Gasteiger partial charge is 0.421 e. The lowest BCUT2D eigenvalue weighted by atomic mass is 10.2. The van der Waals surface area contributed by atoms with Gasteiger partial charge in [-0.25, -0.2) is 9.07 Å². The Morgan fingerprint density at radius 1 is 1.19 bits per heavy atom. The molecule has 3 rings (SSSR count). The normalized spacial score (nSPS) is 10.6. The number of ether oxygens (including phenoxy) is 1. The molecule has 0 bridgehead atoms. The zero-order valence-electron chi connectivity index (χ0n) is 11.1. The second-order valence-electron chi connectivity index (χ2n) is 4.22. The van der Waals surface area contributed by atoms with Gasteiger partial charge in [-0.1, -0.05) is 12.1 Å². The first-order valence-electron chi connectivity index (χ1n) is 6.08. The minimum Gasteiger partial charge on any atom is -0.421 e. The van der Waals surface area contributed by atoms with Crippen molar-refractivity contribution >= 4 is 5.95 Å². The summed E-state index contributed by atoms with van der Waals surface area (Å²) < 4.78 is 20.7. The fraction of sp³-hybridized carbons (Fsp3) is 0.0769. The second kappa shape index (κ2) is 5.16. The minimum absolute atomic E-state index is 0.0204. The predicted octanol–water partition coefficient (Wildman–Crippen LogP) is 1.88. The molecule has 0 amide bonds. The van der Waals surface area contributed by atoms with E-state index in [1.165, 1.54) is 10.7 Å². The molecule has 0 aliphatic rings. The van der Waals surface area contributed by atoms with Crippen LogP contribution in [0.5, 0.6) is 11.8 Å². The molecule has 106 valence electrons. The number of hydrogen-bond acceptors (Lipinski definition) is 6. The Kier molecular flexibility index (Phi) is 3.19. The van der Waals surface area contributed by atoms with Crippen LogP contribution in [0.15, 0.2) is 36.7 Å². The van der Waals surface area contributed by atoms with E-state index in [-0.39, 0.29) is 23.7 Å². The van der Waals surface area contributed by atoms with E-state index in [1.807, 2.05) is 0 Å². The average Bonchev–Trinajstić information content (AvgIpc) is 2.97. The number of anilines is 1. The topological polar surface area (TPSA) is 91.7 Å². The predicted molar refractivity (Wildman–Crippen MR) is 72.6 cm³/mol. The van der Waals surface area contributed by atoms with Gasteiger partial charge in [0.2, 0.25) is 5.95 Å². The van der Waals surface area contributed by atoms with Crippen LogP contribution in [0.3, 0.4) is 0 Å². The molecule has 8 heteroatoms. The van der Waals surface area contributed by atoms with E-state index in [0.29, 0.717) is 5.56 Å². The molecule has 0 radical (unpaired) electrons. The van der Waals surface area contributed by atoms with Crippen molar-refractivity contribution in [2.75, 3.05) is 5.73 Å². The van der Waals surface area contributed by atoms with Crippen molar-refractivity contribution in [2.45, 2.75) is 6.92 Å². The van der Waals surface area contributed by atoms with E-state index in [9.17, 15) is 4.39 Å². The van der Waals surface area contributed by atoms with Crippen LogP contribution in [0.25, 0.3) is 5.95 Å². The van der Waals surface area contributed by atoms with Gasteiger partial charge in [0.1, 0.15) is 0 Å². The SMILES string of the molecule is Cc1cccc(Oc2nc(N)nc(-n3cccn3)n2)c1F. The summed E-state index contributed by atoms with van der Waals surface area (Å²) in [5.74, 6) is -0.307. The van der Waals surface area contributed by atoms with Crippen LogP contribution in [0.2, 0.25) is 0 Å². The van der Waals surface area contributed by atoms with E-state index in [4.69, 9.17) is 10.5 Å². The minimum atomic E-state index is -0.475. The Bertz CT molecular complexity index is 774. The van der Waals surface area contributed by atoms with Crippen molar-refractivity contribution in [3.63, 3.8) is 0 Å². The highest BCUT2D eigenvalue weighted by atomic mass is 19.1. The van der Waals surface area contributed by atoms with Gasteiger partial charge in [0.25, 0.3) is 5.95 Å². The van der Waals surface area contributed by atoms with E-state index in [2.05, 4.69) is 20.1 Å². The molecule has 2 N–H and O–H groups in total. The lowest BCUT2D eigenvalue weighted by molar-refractivity contribution is 0.407. The summed E-state index contributed by atoms with van der Waals surface area (Å²) in [6.45, 7) is 1.64. The van der Waals surface area contributed by atoms with Crippen molar-refractivity contribution < 1.29 is 9.13 Å². The highest BCUT2D eigenvalue weighted by Crippen LogP contribution is 2.24. The Labute approximate surface area is 119 Å². The molecule has 7 nitrogen and oxygen atoms in total. The molecule has 0 spiro atoms. The van der Waals surface area contributed by atoms with Gasteiger partial charge in [-0.05, 0) is 24.6 Å². The third kappa shape index (κ3) is 2.64. The molecule has 0 unspecified atom stereocenters. The van der Waals surface area contributed by atoms with Gasteiger partial charge in [0.05, 0.1) is 0 Å². The Morgan fingerprint density at radius 3 is 2.81 bits per heavy atom. The number of aryl methyl sites for hydroxylation is 1. The van der Waals surface area contributed by atoms with Crippen LogP contribution in [-0.4, -0.2) is 24.7 Å². The summed E-state index contributed by atoms with van der Waals surface area (Å²) >= 11 is 0. The quantitative estimate of drug-likeness (QED) is 0.790. The fourth-order valence-corrected chi connectivity index (χ4v) is 1.69. The van der Waals surface area contributed by atoms with Gasteiger partial charge >= 0.3 is 6.01 Å². The third-order valence-electron chi connectivity index (χ3n) is 2.69. The van der Waals surface area contributed by atoms with Crippen molar-refractivity contribution in [3.05, 3.63) is 48.0 Å². The maximum Gasteiger partial charge on any atom is 0.328 e. The molecule has 0 atom stereocenters. The third-order valence-corrected chi connectivity index (χ3v) is 2.69. The summed E-state index contributed by atoms with van der Waals surface area (Å²) in [5, 5.41) is 3.99. The highest BCUT2D eigenvalue weighted by Gasteiger charge is 2.12. The maximum atomic E-state index is 13.9. The Hall–Kier alpha value is -3.03. The van der Waals surface area contributed by atoms with Crippen LogP contribution in [0.1, 0.15) is 5.56 Å². The summed E-state index contributed by atoms with van der Waals surface area (Å²) in [5.41, 5.74) is 6.07. The number of nitrogens with zero attached hydrogens (tertiary/aromatic N) is 5. The number of nitrogen functional groups attached to an aromatic ring is 1. The molecule has 0 aliphatic heterocycles. The van der Waals surface area contributed by atoms with Gasteiger partial charge in [-0.2, -0.15) is 20.1 Å². The van der Waals surface area contributed by atoms with Gasteiger partial charge in [0, 0.05) is 12.4 Å². The number of halogens is 1. The van der Waals surface area contributed by atoms with Gasteiger partial charge in [0.15, 0.2) is 11.6 Å². The summed E-state index contributed by atoms with van der Waals surface area (Å²) in [4.78, 5) is 11.8. The van der Waals surface area contributed by atoms with Crippen molar-refractivity contribution in [1.29, 1.82) is 0 Å². The van der Waals surface area contributed by atoms with E-state index in [1.54, 1.807) is 37.5 Å². The zero-order chi connectivity index (χ0) is 14.8. The van der Waals surface area contributed by atoms with Crippen molar-refractivity contribution in [3.8, 4) is 17.7 Å². The fourth-order valence-electron chi connectivity index (χ4n) is 1.69. The molecule has 0 aliphatic carbocycles. The highest BCUT2D eigenvalue weighted by molar-refractivity contribution is 5.33. The Morgan fingerprint density at radius 2 is 2.05 bits per heavy atom. The lowest BCUT2D eigenvalue weighted by Gasteiger charge is -2.08. The summed E-state index contributed by atoms with van der Waals surface area (Å²) in [6, 6.07) is 6.40. The smallest absolute Gasteiger partial charge is 0.328 e. The van der Waals surface area contributed by atoms with Gasteiger partial charge in [-0.15, -0.1) is 0 Å². The first-order chi connectivity index (χ1) is 10.1. The zero-order valence-corrected chi connectivity index (χ0v) is 11.1. The number of aromatic nitrogens is 5. The molecule has 2 aromatic heterocycles. The standard InChI is InChI=1S/C13H11FN6O/c1-8-4-2-5-9(10(8)14)21-13-18-11(15)17-12(19-13)20-7-3-6-16-20/h2-7H,1H3,(H2,15,17,18,19). The molecule has 21 heavy (non-hydrogen) atoms. The van der Waals surface area contributed by atoms with Crippen LogP contribution in [-0.2, 0) is 0 Å². The molecule has 0 fully saturated rings. The van der Waals surface area contributed by atoms with E-state index in [0.717, 1.165) is 0 Å². The second-order valence-corrected chi connectivity index (χ2v) is 4.22. The number of nitrogens with two attached hydrogens (primary N) is 1. The summed E-state index contributed by atoms with van der Waals surface area (Å²) in [6.07, 6.45) is 3.21. The van der Waals surface area contributed by atoms with Gasteiger partial charge < -0.3 is 10.5 Å². The average molecular weight is 286 g/mol. The first-order valence-corrected chi connectivity index (χ1v) is 6.08. The van der Waals surface area contributed by atoms with E-state index >= 15 is 0 Å². The number of rotatable bonds is 3.